The molecule has 0 bridgehead atoms. The third kappa shape index (κ3) is 4.74. The number of likely N-dealkylation sites (N-methyl/N-ethyl adjacent to an activating group) is 2. The predicted molar refractivity (Wildman–Crippen MR) is 93.8 cm³/mol. The number of nitrogens with zero attached hydrogens (tertiary/aromatic N) is 2. The van der Waals surface area contributed by atoms with Crippen LogP contribution in [-0.4, -0.2) is 38.1 Å². The smallest absolute Gasteiger partial charge is 0.242 e. The van der Waals surface area contributed by atoms with Crippen LogP contribution in [0.3, 0.4) is 0 Å². The number of amides is 1. The molecule has 1 amide bonds. The second-order valence-electron chi connectivity index (χ2n) is 5.45. The van der Waals surface area contributed by atoms with Gasteiger partial charge in [0.15, 0.2) is 0 Å². The summed E-state index contributed by atoms with van der Waals surface area (Å²) >= 11 is 0. The minimum Gasteiger partial charge on any atom is -0.497 e. The molecule has 2 rings (SSSR count). The van der Waals surface area contributed by atoms with E-state index in [0.717, 1.165) is 23.5 Å². The summed E-state index contributed by atoms with van der Waals surface area (Å²) in [7, 11) is 3.48. The van der Waals surface area contributed by atoms with Crippen molar-refractivity contribution < 1.29 is 9.53 Å². The first-order valence-corrected chi connectivity index (χ1v) is 7.81. The third-order valence-electron chi connectivity index (χ3n) is 3.81. The normalized spacial score (nSPS) is 10.2. The van der Waals surface area contributed by atoms with E-state index in [-0.39, 0.29) is 5.91 Å². The van der Waals surface area contributed by atoms with Gasteiger partial charge in [-0.05, 0) is 36.8 Å². The summed E-state index contributed by atoms with van der Waals surface area (Å²) in [5.41, 5.74) is 2.13. The maximum absolute atomic E-state index is 12.5. The van der Waals surface area contributed by atoms with Crippen LogP contribution in [0.15, 0.2) is 54.6 Å². The van der Waals surface area contributed by atoms with Crippen LogP contribution in [-0.2, 0) is 11.3 Å². The van der Waals surface area contributed by atoms with Gasteiger partial charge in [-0.15, -0.1) is 0 Å². The fraction of sp³-hybridized carbons (Fsp3) is 0.316. The van der Waals surface area contributed by atoms with Crippen molar-refractivity contribution in [3.05, 3.63) is 60.2 Å². The molecule has 4 heteroatoms. The number of anilines is 1. The number of rotatable bonds is 7. The van der Waals surface area contributed by atoms with Gasteiger partial charge in [-0.2, -0.15) is 0 Å². The average molecular weight is 312 g/mol. The van der Waals surface area contributed by atoms with Crippen molar-refractivity contribution in [1.82, 2.24) is 4.90 Å². The molecule has 0 aliphatic heterocycles. The van der Waals surface area contributed by atoms with E-state index in [2.05, 4.69) is 11.8 Å². The molecule has 2 aromatic carbocycles. The maximum Gasteiger partial charge on any atom is 0.242 e. The Bertz CT molecular complexity index is 628. The molecule has 0 fully saturated rings. The maximum atomic E-state index is 12.5. The van der Waals surface area contributed by atoms with Crippen molar-refractivity contribution in [1.29, 1.82) is 0 Å². The monoisotopic (exact) mass is 312 g/mol. The summed E-state index contributed by atoms with van der Waals surface area (Å²) in [5.74, 6) is 0.904. The summed E-state index contributed by atoms with van der Waals surface area (Å²) < 4.78 is 5.23. The molecule has 0 radical (unpaired) electrons. The highest BCUT2D eigenvalue weighted by Crippen LogP contribution is 2.15. The van der Waals surface area contributed by atoms with E-state index in [9.17, 15) is 4.79 Å². The van der Waals surface area contributed by atoms with Crippen molar-refractivity contribution in [3.63, 3.8) is 0 Å². The average Bonchev–Trinajstić information content (AvgIpc) is 2.60. The lowest BCUT2D eigenvalue weighted by Crippen LogP contribution is -2.38. The quantitative estimate of drug-likeness (QED) is 0.787. The van der Waals surface area contributed by atoms with Crippen LogP contribution in [0, 0.1) is 0 Å². The van der Waals surface area contributed by atoms with Gasteiger partial charge in [0.05, 0.1) is 13.7 Å². The Morgan fingerprint density at radius 3 is 2.48 bits per heavy atom. The second kappa shape index (κ2) is 8.22. The van der Waals surface area contributed by atoms with Gasteiger partial charge in [0, 0.05) is 25.8 Å². The first kappa shape index (κ1) is 16.9. The number of para-hydroxylation sites is 1. The SMILES string of the molecule is CCN(CC(=O)N(C)Cc1cccc(OC)c1)c1ccccc1. The summed E-state index contributed by atoms with van der Waals surface area (Å²) in [6, 6.07) is 17.8. The standard InChI is InChI=1S/C19H24N2O2/c1-4-21(17-10-6-5-7-11-17)15-19(22)20(2)14-16-9-8-12-18(13-16)23-3/h5-13H,4,14-15H2,1-3H3. The Morgan fingerprint density at radius 1 is 1.09 bits per heavy atom. The minimum atomic E-state index is 0.0959. The lowest BCUT2D eigenvalue weighted by molar-refractivity contribution is -0.128. The van der Waals surface area contributed by atoms with Crippen LogP contribution >= 0.6 is 0 Å². The van der Waals surface area contributed by atoms with E-state index in [1.807, 2.05) is 61.6 Å². The summed E-state index contributed by atoms with van der Waals surface area (Å²) in [4.78, 5) is 16.3. The number of benzene rings is 2. The Hall–Kier alpha value is -2.49. The Balaban J connectivity index is 1.98. The molecule has 0 N–H and O–H groups in total. The van der Waals surface area contributed by atoms with Gasteiger partial charge >= 0.3 is 0 Å². The molecule has 0 aliphatic carbocycles. The van der Waals surface area contributed by atoms with Gasteiger partial charge in [-0.25, -0.2) is 0 Å². The number of hydrogen-bond donors (Lipinski definition) is 0. The molecular weight excluding hydrogens is 288 g/mol. The molecule has 0 aliphatic rings. The fourth-order valence-electron chi connectivity index (χ4n) is 2.44. The highest BCUT2D eigenvalue weighted by Gasteiger charge is 2.14. The van der Waals surface area contributed by atoms with Gasteiger partial charge in [-0.3, -0.25) is 4.79 Å². The molecule has 0 atom stereocenters. The number of ether oxygens (including phenoxy) is 1. The van der Waals surface area contributed by atoms with Crippen LogP contribution < -0.4 is 9.64 Å². The van der Waals surface area contributed by atoms with Crippen molar-refractivity contribution in [2.24, 2.45) is 0 Å². The Labute approximate surface area is 138 Å². The van der Waals surface area contributed by atoms with E-state index in [0.29, 0.717) is 13.1 Å². The molecule has 23 heavy (non-hydrogen) atoms. The molecule has 4 nitrogen and oxygen atoms in total. The van der Waals surface area contributed by atoms with E-state index in [1.54, 1.807) is 12.0 Å². The molecule has 0 spiro atoms. The van der Waals surface area contributed by atoms with Crippen molar-refractivity contribution >= 4 is 11.6 Å². The van der Waals surface area contributed by atoms with Crippen LogP contribution in [0.25, 0.3) is 0 Å². The van der Waals surface area contributed by atoms with Crippen molar-refractivity contribution in [3.8, 4) is 5.75 Å². The zero-order valence-electron chi connectivity index (χ0n) is 14.0. The summed E-state index contributed by atoms with van der Waals surface area (Å²) in [6.45, 7) is 3.80. The molecule has 2 aromatic rings. The first-order valence-electron chi connectivity index (χ1n) is 7.81. The molecule has 0 saturated heterocycles. The van der Waals surface area contributed by atoms with Crippen LogP contribution in [0.2, 0.25) is 0 Å². The van der Waals surface area contributed by atoms with Crippen molar-refractivity contribution in [2.75, 3.05) is 32.1 Å². The number of methoxy groups -OCH3 is 1. The van der Waals surface area contributed by atoms with Crippen LogP contribution in [0.1, 0.15) is 12.5 Å². The van der Waals surface area contributed by atoms with Gasteiger partial charge in [-0.1, -0.05) is 30.3 Å². The first-order chi connectivity index (χ1) is 11.1. The molecule has 0 saturated carbocycles. The second-order valence-corrected chi connectivity index (χ2v) is 5.45. The van der Waals surface area contributed by atoms with Gasteiger partial charge in [0.25, 0.3) is 0 Å². The van der Waals surface area contributed by atoms with E-state index in [4.69, 9.17) is 4.74 Å². The summed E-state index contributed by atoms with van der Waals surface area (Å²) in [5, 5.41) is 0. The van der Waals surface area contributed by atoms with Crippen LogP contribution in [0.5, 0.6) is 5.75 Å². The van der Waals surface area contributed by atoms with Gasteiger partial charge < -0.3 is 14.5 Å². The molecule has 122 valence electrons. The zero-order valence-corrected chi connectivity index (χ0v) is 14.0. The number of hydrogen-bond acceptors (Lipinski definition) is 3. The van der Waals surface area contributed by atoms with Crippen molar-refractivity contribution in [2.45, 2.75) is 13.5 Å². The topological polar surface area (TPSA) is 32.8 Å². The van der Waals surface area contributed by atoms with Crippen LogP contribution in [0.4, 0.5) is 5.69 Å². The zero-order chi connectivity index (χ0) is 16.7. The number of carbonyl (C=O) groups is 1. The largest absolute Gasteiger partial charge is 0.497 e. The van der Waals surface area contributed by atoms with Gasteiger partial charge in [0.1, 0.15) is 5.75 Å². The lowest BCUT2D eigenvalue weighted by atomic mass is 10.2. The highest BCUT2D eigenvalue weighted by atomic mass is 16.5. The van der Waals surface area contributed by atoms with E-state index >= 15 is 0 Å². The lowest BCUT2D eigenvalue weighted by Gasteiger charge is -2.26. The third-order valence-corrected chi connectivity index (χ3v) is 3.81. The summed E-state index contributed by atoms with van der Waals surface area (Å²) in [6.07, 6.45) is 0. The fourth-order valence-corrected chi connectivity index (χ4v) is 2.44. The molecule has 0 unspecified atom stereocenters. The Morgan fingerprint density at radius 2 is 1.83 bits per heavy atom. The predicted octanol–water partition coefficient (Wildman–Crippen LogP) is 3.18. The molecule has 0 aromatic heterocycles. The van der Waals surface area contributed by atoms with E-state index in [1.165, 1.54) is 0 Å². The van der Waals surface area contributed by atoms with E-state index < -0.39 is 0 Å². The minimum absolute atomic E-state index is 0.0959. The molecular formula is C19H24N2O2. The Kier molecular flexibility index (Phi) is 6.03. The number of carbonyl (C=O) groups excluding carboxylic acids is 1. The molecule has 0 heterocycles. The highest BCUT2D eigenvalue weighted by molar-refractivity contribution is 5.81. The van der Waals surface area contributed by atoms with Gasteiger partial charge in [0.2, 0.25) is 5.91 Å².